The minimum absolute atomic E-state index is 0.114. The Morgan fingerprint density at radius 1 is 1.17 bits per heavy atom. The number of aryl methyl sites for hydroxylation is 1. The predicted octanol–water partition coefficient (Wildman–Crippen LogP) is 3.25. The van der Waals surface area contributed by atoms with Gasteiger partial charge < -0.3 is 14.5 Å². The third-order valence-corrected chi connectivity index (χ3v) is 5.93. The van der Waals surface area contributed by atoms with Crippen LogP contribution in [-0.4, -0.2) is 39.7 Å². The van der Waals surface area contributed by atoms with Gasteiger partial charge in [-0.25, -0.2) is 4.98 Å². The van der Waals surface area contributed by atoms with E-state index in [0.717, 1.165) is 55.2 Å². The molecule has 1 aromatic carbocycles. The number of fused-ring (bicyclic) bond motifs is 1. The summed E-state index contributed by atoms with van der Waals surface area (Å²) in [5.74, 6) is 2.54. The Morgan fingerprint density at radius 3 is 2.73 bits per heavy atom. The number of ether oxygens (including phenoxy) is 2. The van der Waals surface area contributed by atoms with E-state index in [2.05, 4.69) is 33.9 Å². The summed E-state index contributed by atoms with van der Waals surface area (Å²) in [5, 5.41) is 0. The first-order valence-electron chi connectivity index (χ1n) is 10.3. The second-order valence-electron chi connectivity index (χ2n) is 7.94. The van der Waals surface area contributed by atoms with Crippen LogP contribution in [0.3, 0.4) is 0 Å². The molecule has 4 heterocycles. The van der Waals surface area contributed by atoms with Gasteiger partial charge in [0.15, 0.2) is 11.5 Å². The molecule has 0 unspecified atom stereocenters. The zero-order valence-electron chi connectivity index (χ0n) is 16.9. The van der Waals surface area contributed by atoms with Gasteiger partial charge in [-0.15, -0.1) is 0 Å². The minimum Gasteiger partial charge on any atom is -0.454 e. The molecule has 0 amide bonds. The zero-order chi connectivity index (χ0) is 20.5. The fraction of sp³-hybridized carbons (Fsp3) is 0.348. The monoisotopic (exact) mass is 404 g/mol. The van der Waals surface area contributed by atoms with Crippen LogP contribution < -0.4 is 15.0 Å². The summed E-state index contributed by atoms with van der Waals surface area (Å²) in [6.45, 7) is 5.24. The maximum atomic E-state index is 12.2. The lowest BCUT2D eigenvalue weighted by molar-refractivity contribution is 0.173. The Kier molecular flexibility index (Phi) is 4.96. The minimum atomic E-state index is -0.114. The molecule has 0 aliphatic carbocycles. The number of benzene rings is 1. The van der Waals surface area contributed by atoms with Crippen molar-refractivity contribution < 1.29 is 9.47 Å². The molecule has 0 atom stereocenters. The summed E-state index contributed by atoms with van der Waals surface area (Å²) in [6.07, 6.45) is 5.39. The lowest BCUT2D eigenvalue weighted by Gasteiger charge is -2.32. The number of nitrogens with one attached hydrogen (secondary N) is 1. The predicted molar refractivity (Wildman–Crippen MR) is 113 cm³/mol. The van der Waals surface area contributed by atoms with Gasteiger partial charge in [-0.3, -0.25) is 14.7 Å². The first-order valence-corrected chi connectivity index (χ1v) is 10.3. The third kappa shape index (κ3) is 3.80. The number of piperidine rings is 1. The number of hydrogen-bond acceptors (Lipinski definition) is 6. The van der Waals surface area contributed by atoms with Gasteiger partial charge >= 0.3 is 0 Å². The molecular formula is C23H24N4O3. The average molecular weight is 404 g/mol. The van der Waals surface area contributed by atoms with Crippen LogP contribution in [-0.2, 0) is 6.54 Å². The highest BCUT2D eigenvalue weighted by Crippen LogP contribution is 2.35. The second kappa shape index (κ2) is 7.91. The molecule has 0 spiro atoms. The van der Waals surface area contributed by atoms with E-state index in [1.165, 1.54) is 11.1 Å². The van der Waals surface area contributed by atoms with E-state index in [1.54, 1.807) is 18.5 Å². The molecule has 2 aromatic heterocycles. The zero-order valence-corrected chi connectivity index (χ0v) is 16.9. The van der Waals surface area contributed by atoms with Gasteiger partial charge in [-0.05, 0) is 68.2 Å². The number of H-pyrrole nitrogens is 1. The normalized spacial score (nSPS) is 16.7. The van der Waals surface area contributed by atoms with E-state index in [1.807, 2.05) is 12.1 Å². The van der Waals surface area contributed by atoms with Gasteiger partial charge in [0.2, 0.25) is 6.79 Å². The molecule has 1 fully saturated rings. The van der Waals surface area contributed by atoms with Gasteiger partial charge in [-0.2, -0.15) is 0 Å². The summed E-state index contributed by atoms with van der Waals surface area (Å²) in [5.41, 5.74) is 4.07. The van der Waals surface area contributed by atoms with Crippen molar-refractivity contribution in [3.05, 3.63) is 69.9 Å². The summed E-state index contributed by atoms with van der Waals surface area (Å²) in [7, 11) is 0. The standard InChI is InChI=1S/C23H24N4O3/c1-15-9-20-21(30-14-29-20)10-18(15)13-27-7-4-16(5-8-27)19-11-22(28)26-23(25-19)17-3-2-6-24-12-17/h2-3,6,9-12,16H,4-5,7-8,13-14H2,1H3,(H,25,26,28). The van der Waals surface area contributed by atoms with Crippen molar-refractivity contribution in [1.82, 2.24) is 19.9 Å². The Hall–Kier alpha value is -3.19. The highest BCUT2D eigenvalue weighted by atomic mass is 16.7. The van der Waals surface area contributed by atoms with E-state index in [0.29, 0.717) is 12.6 Å². The summed E-state index contributed by atoms with van der Waals surface area (Å²) >= 11 is 0. The molecule has 2 aliphatic heterocycles. The quantitative estimate of drug-likeness (QED) is 0.719. The smallest absolute Gasteiger partial charge is 0.251 e. The van der Waals surface area contributed by atoms with Crippen LogP contribution in [0.25, 0.3) is 11.4 Å². The van der Waals surface area contributed by atoms with Crippen LogP contribution in [0.4, 0.5) is 0 Å². The van der Waals surface area contributed by atoms with Crippen molar-refractivity contribution in [2.75, 3.05) is 19.9 Å². The van der Waals surface area contributed by atoms with E-state index < -0.39 is 0 Å². The molecule has 1 saturated heterocycles. The van der Waals surface area contributed by atoms with Gasteiger partial charge in [0.25, 0.3) is 5.56 Å². The van der Waals surface area contributed by atoms with Crippen molar-refractivity contribution in [2.45, 2.75) is 32.2 Å². The van der Waals surface area contributed by atoms with E-state index >= 15 is 0 Å². The first-order chi connectivity index (χ1) is 14.7. The Balaban J connectivity index is 1.28. The number of likely N-dealkylation sites (tertiary alicyclic amines) is 1. The lowest BCUT2D eigenvalue weighted by Crippen LogP contribution is -2.33. The molecule has 5 rings (SSSR count). The van der Waals surface area contributed by atoms with E-state index in [-0.39, 0.29) is 11.5 Å². The fourth-order valence-electron chi connectivity index (χ4n) is 4.21. The van der Waals surface area contributed by atoms with Crippen molar-refractivity contribution >= 4 is 0 Å². The van der Waals surface area contributed by atoms with Crippen LogP contribution >= 0.6 is 0 Å². The van der Waals surface area contributed by atoms with Gasteiger partial charge in [-0.1, -0.05) is 0 Å². The SMILES string of the molecule is Cc1cc2c(cc1CN1CCC(c3cc(=O)[nH]c(-c4cccnc4)n3)CC1)OCO2. The molecule has 7 heteroatoms. The summed E-state index contributed by atoms with van der Waals surface area (Å²) in [4.78, 5) is 26.4. The van der Waals surface area contributed by atoms with Crippen LogP contribution in [0.2, 0.25) is 0 Å². The molecule has 0 saturated carbocycles. The molecule has 7 nitrogen and oxygen atoms in total. The highest BCUT2D eigenvalue weighted by molar-refractivity contribution is 5.52. The van der Waals surface area contributed by atoms with Crippen LogP contribution in [0.1, 0.15) is 35.6 Å². The number of rotatable bonds is 4. The maximum absolute atomic E-state index is 12.2. The van der Waals surface area contributed by atoms with Crippen LogP contribution in [0.15, 0.2) is 47.5 Å². The topological polar surface area (TPSA) is 80.3 Å². The number of pyridine rings is 1. The second-order valence-corrected chi connectivity index (χ2v) is 7.94. The maximum Gasteiger partial charge on any atom is 0.251 e. The molecule has 2 aliphatic rings. The molecule has 30 heavy (non-hydrogen) atoms. The summed E-state index contributed by atoms with van der Waals surface area (Å²) in [6, 6.07) is 9.55. The van der Waals surface area contributed by atoms with Crippen LogP contribution in [0.5, 0.6) is 11.5 Å². The number of hydrogen-bond donors (Lipinski definition) is 1. The molecule has 3 aromatic rings. The Morgan fingerprint density at radius 2 is 1.97 bits per heavy atom. The molecular weight excluding hydrogens is 380 g/mol. The third-order valence-electron chi connectivity index (χ3n) is 5.93. The van der Waals surface area contributed by atoms with E-state index in [4.69, 9.17) is 14.5 Å². The Labute approximate surface area is 174 Å². The molecule has 0 radical (unpaired) electrons. The van der Waals surface area contributed by atoms with Crippen molar-refractivity contribution in [3.8, 4) is 22.9 Å². The molecule has 154 valence electrons. The van der Waals surface area contributed by atoms with E-state index in [9.17, 15) is 4.79 Å². The lowest BCUT2D eigenvalue weighted by atomic mass is 9.92. The van der Waals surface area contributed by atoms with Crippen LogP contribution in [0, 0.1) is 6.92 Å². The van der Waals surface area contributed by atoms with Gasteiger partial charge in [0.05, 0.1) is 5.69 Å². The Bertz CT molecular complexity index is 1110. The first kappa shape index (κ1) is 18.8. The molecule has 0 bridgehead atoms. The average Bonchev–Trinajstić information content (AvgIpc) is 3.22. The number of nitrogens with zero attached hydrogens (tertiary/aromatic N) is 3. The fourth-order valence-corrected chi connectivity index (χ4v) is 4.21. The molecule has 1 N–H and O–H groups in total. The van der Waals surface area contributed by atoms with Crippen molar-refractivity contribution in [2.24, 2.45) is 0 Å². The highest BCUT2D eigenvalue weighted by Gasteiger charge is 2.24. The number of aromatic nitrogens is 3. The van der Waals surface area contributed by atoms with Gasteiger partial charge in [0.1, 0.15) is 5.82 Å². The van der Waals surface area contributed by atoms with Crippen molar-refractivity contribution in [1.29, 1.82) is 0 Å². The number of aromatic amines is 1. The van der Waals surface area contributed by atoms with Crippen molar-refractivity contribution in [3.63, 3.8) is 0 Å². The summed E-state index contributed by atoms with van der Waals surface area (Å²) < 4.78 is 11.0. The van der Waals surface area contributed by atoms with Gasteiger partial charge in [0, 0.05) is 36.5 Å². The largest absolute Gasteiger partial charge is 0.454 e.